The second-order valence-corrected chi connectivity index (χ2v) is 7.23. The first kappa shape index (κ1) is 17.3. The predicted octanol–water partition coefficient (Wildman–Crippen LogP) is 2.80. The Kier molecular flexibility index (Phi) is 4.92. The van der Waals surface area contributed by atoms with E-state index in [1.807, 2.05) is 13.0 Å². The lowest BCUT2D eigenvalue weighted by molar-refractivity contribution is 0.215. The highest BCUT2D eigenvalue weighted by atomic mass is 16.3. The molecule has 3 rings (SSSR count). The molecule has 7 nitrogen and oxygen atoms in total. The number of amides is 2. The minimum absolute atomic E-state index is 0.0263. The van der Waals surface area contributed by atoms with Crippen molar-refractivity contribution in [2.45, 2.75) is 39.7 Å². The Balaban J connectivity index is 1.50. The summed E-state index contributed by atoms with van der Waals surface area (Å²) < 4.78 is 5.81. The van der Waals surface area contributed by atoms with Gasteiger partial charge in [0, 0.05) is 37.5 Å². The summed E-state index contributed by atoms with van der Waals surface area (Å²) >= 11 is 0. The number of carbonyl (C=O) groups is 1. The highest BCUT2D eigenvalue weighted by molar-refractivity contribution is 5.74. The molecule has 0 bridgehead atoms. The molecule has 2 aromatic rings. The first-order valence-corrected chi connectivity index (χ1v) is 8.57. The fraction of sp³-hybridized carbons (Fsp3) is 0.500. The molecule has 0 aromatic carbocycles. The molecule has 0 radical (unpaired) electrons. The molecule has 0 aliphatic heterocycles. The summed E-state index contributed by atoms with van der Waals surface area (Å²) in [5.74, 6) is 2.43. The number of rotatable bonds is 5. The Labute approximate surface area is 147 Å². The highest BCUT2D eigenvalue weighted by Crippen LogP contribution is 2.41. The first-order valence-electron chi connectivity index (χ1n) is 8.57. The molecule has 0 fully saturated rings. The maximum Gasteiger partial charge on any atom is 0.315 e. The number of aromatic nitrogens is 2. The van der Waals surface area contributed by atoms with Crippen LogP contribution in [0.15, 0.2) is 28.9 Å². The maximum atomic E-state index is 12.2. The van der Waals surface area contributed by atoms with Gasteiger partial charge in [-0.25, -0.2) is 14.8 Å². The third kappa shape index (κ3) is 4.49. The average Bonchev–Trinajstić information content (AvgIpc) is 2.91. The lowest BCUT2D eigenvalue weighted by atomic mass is 9.75. The molecule has 1 aliphatic carbocycles. The predicted molar refractivity (Wildman–Crippen MR) is 95.3 cm³/mol. The Morgan fingerprint density at radius 1 is 1.32 bits per heavy atom. The van der Waals surface area contributed by atoms with E-state index in [0.29, 0.717) is 19.0 Å². The molecule has 25 heavy (non-hydrogen) atoms. The van der Waals surface area contributed by atoms with E-state index in [9.17, 15) is 4.79 Å². The van der Waals surface area contributed by atoms with Gasteiger partial charge in [-0.15, -0.1) is 0 Å². The molecule has 0 saturated heterocycles. The standard InChI is InChI=1S/C18H25N5O2/c1-12-9-13-14(10-18(2,3)11-15(13)25-12)23-17(24)22-8-7-21-16-19-5-4-6-20-16/h4-6,9,14H,7-8,10-11H2,1-3H3,(H,19,20,21)(H2,22,23,24)/t14-/m1/s1. The van der Waals surface area contributed by atoms with Crippen LogP contribution in [0.5, 0.6) is 0 Å². The molecule has 0 spiro atoms. The van der Waals surface area contributed by atoms with Crippen LogP contribution < -0.4 is 16.0 Å². The number of fused-ring (bicyclic) bond motifs is 1. The van der Waals surface area contributed by atoms with E-state index in [2.05, 4.69) is 39.8 Å². The van der Waals surface area contributed by atoms with Crippen molar-refractivity contribution >= 4 is 12.0 Å². The van der Waals surface area contributed by atoms with Crippen LogP contribution in [0.2, 0.25) is 0 Å². The summed E-state index contributed by atoms with van der Waals surface area (Å²) in [7, 11) is 0. The van der Waals surface area contributed by atoms with E-state index in [-0.39, 0.29) is 17.5 Å². The van der Waals surface area contributed by atoms with Gasteiger partial charge >= 0.3 is 6.03 Å². The summed E-state index contributed by atoms with van der Waals surface area (Å²) in [6, 6.07) is 3.59. The molecule has 134 valence electrons. The third-order valence-corrected chi connectivity index (χ3v) is 4.30. The topological polar surface area (TPSA) is 92.1 Å². The van der Waals surface area contributed by atoms with Crippen molar-refractivity contribution in [1.29, 1.82) is 0 Å². The van der Waals surface area contributed by atoms with Crippen molar-refractivity contribution in [3.63, 3.8) is 0 Å². The molecule has 2 aromatic heterocycles. The first-order chi connectivity index (χ1) is 11.9. The van der Waals surface area contributed by atoms with Crippen molar-refractivity contribution in [3.8, 4) is 0 Å². The van der Waals surface area contributed by atoms with E-state index in [0.717, 1.165) is 29.9 Å². The molecule has 3 N–H and O–H groups in total. The van der Waals surface area contributed by atoms with Gasteiger partial charge in [0.15, 0.2) is 0 Å². The summed E-state index contributed by atoms with van der Waals surface area (Å²) in [5.41, 5.74) is 1.20. The van der Waals surface area contributed by atoms with Crippen LogP contribution in [-0.4, -0.2) is 29.1 Å². The lowest BCUT2D eigenvalue weighted by Crippen LogP contribution is -2.42. The van der Waals surface area contributed by atoms with Crippen LogP contribution in [0.1, 0.15) is 43.4 Å². The van der Waals surface area contributed by atoms with Gasteiger partial charge in [0.1, 0.15) is 11.5 Å². The van der Waals surface area contributed by atoms with E-state index >= 15 is 0 Å². The summed E-state index contributed by atoms with van der Waals surface area (Å²) in [4.78, 5) is 20.4. The number of nitrogens with zero attached hydrogens (tertiary/aromatic N) is 2. The zero-order chi connectivity index (χ0) is 17.9. The number of anilines is 1. The maximum absolute atomic E-state index is 12.2. The van der Waals surface area contributed by atoms with Gasteiger partial charge < -0.3 is 20.4 Å². The van der Waals surface area contributed by atoms with Gasteiger partial charge in [-0.2, -0.15) is 0 Å². The van der Waals surface area contributed by atoms with Gasteiger partial charge in [-0.05, 0) is 30.9 Å². The second kappa shape index (κ2) is 7.13. The normalized spacial score (nSPS) is 18.3. The van der Waals surface area contributed by atoms with Gasteiger partial charge in [0.2, 0.25) is 5.95 Å². The van der Waals surface area contributed by atoms with Crippen LogP contribution in [0.4, 0.5) is 10.7 Å². The van der Waals surface area contributed by atoms with E-state index < -0.39 is 0 Å². The fourth-order valence-corrected chi connectivity index (χ4v) is 3.26. The van der Waals surface area contributed by atoms with Crippen molar-refractivity contribution in [3.05, 3.63) is 41.6 Å². The summed E-state index contributed by atoms with van der Waals surface area (Å²) in [6.45, 7) is 7.38. The molecule has 0 unspecified atom stereocenters. The van der Waals surface area contributed by atoms with Crippen molar-refractivity contribution < 1.29 is 9.21 Å². The Morgan fingerprint density at radius 2 is 2.08 bits per heavy atom. The van der Waals surface area contributed by atoms with E-state index in [1.165, 1.54) is 0 Å². The monoisotopic (exact) mass is 343 g/mol. The van der Waals surface area contributed by atoms with Crippen molar-refractivity contribution in [1.82, 2.24) is 20.6 Å². The Hall–Kier alpha value is -2.57. The Morgan fingerprint density at radius 3 is 2.84 bits per heavy atom. The largest absolute Gasteiger partial charge is 0.466 e. The minimum Gasteiger partial charge on any atom is -0.466 e. The van der Waals surface area contributed by atoms with Crippen LogP contribution in [0.3, 0.4) is 0 Å². The SMILES string of the molecule is Cc1cc2c(o1)CC(C)(C)C[C@H]2NC(=O)NCCNc1ncccn1. The Bertz CT molecular complexity index is 726. The summed E-state index contributed by atoms with van der Waals surface area (Å²) in [5, 5.41) is 9.00. The fourth-order valence-electron chi connectivity index (χ4n) is 3.26. The van der Waals surface area contributed by atoms with E-state index in [4.69, 9.17) is 4.42 Å². The molecule has 7 heteroatoms. The number of furan rings is 1. The highest BCUT2D eigenvalue weighted by Gasteiger charge is 2.35. The second-order valence-electron chi connectivity index (χ2n) is 7.23. The van der Waals surface area contributed by atoms with Crippen LogP contribution in [-0.2, 0) is 6.42 Å². The molecule has 0 saturated carbocycles. The van der Waals surface area contributed by atoms with E-state index in [1.54, 1.807) is 18.5 Å². The number of hydrogen-bond acceptors (Lipinski definition) is 5. The lowest BCUT2D eigenvalue weighted by Gasteiger charge is -2.34. The average molecular weight is 343 g/mol. The molecule has 2 heterocycles. The van der Waals surface area contributed by atoms with Crippen molar-refractivity contribution in [2.75, 3.05) is 18.4 Å². The van der Waals surface area contributed by atoms with Gasteiger partial charge in [0.25, 0.3) is 0 Å². The molecular weight excluding hydrogens is 318 g/mol. The number of urea groups is 1. The number of aryl methyl sites for hydroxylation is 1. The van der Waals surface area contributed by atoms with Crippen LogP contribution in [0, 0.1) is 12.3 Å². The van der Waals surface area contributed by atoms with Crippen molar-refractivity contribution in [2.24, 2.45) is 5.41 Å². The minimum atomic E-state index is -0.178. The number of hydrogen-bond donors (Lipinski definition) is 3. The quantitative estimate of drug-likeness (QED) is 0.726. The van der Waals surface area contributed by atoms with Gasteiger partial charge in [0.05, 0.1) is 6.04 Å². The number of nitrogens with one attached hydrogen (secondary N) is 3. The molecule has 1 atom stereocenters. The zero-order valence-electron chi connectivity index (χ0n) is 14.9. The van der Waals surface area contributed by atoms with Gasteiger partial charge in [-0.1, -0.05) is 13.8 Å². The third-order valence-electron chi connectivity index (χ3n) is 4.30. The zero-order valence-corrected chi connectivity index (χ0v) is 14.9. The van der Waals surface area contributed by atoms with Crippen LogP contribution in [0.25, 0.3) is 0 Å². The summed E-state index contributed by atoms with van der Waals surface area (Å²) in [6.07, 6.45) is 5.13. The molecular formula is C18H25N5O2. The smallest absolute Gasteiger partial charge is 0.315 e. The number of carbonyl (C=O) groups excluding carboxylic acids is 1. The van der Waals surface area contributed by atoms with Crippen LogP contribution >= 0.6 is 0 Å². The molecule has 1 aliphatic rings. The van der Waals surface area contributed by atoms with Gasteiger partial charge in [-0.3, -0.25) is 0 Å². The molecule has 2 amide bonds.